The maximum absolute atomic E-state index is 4.08. The molecule has 1 aliphatic rings. The van der Waals surface area contributed by atoms with Crippen LogP contribution in [0.15, 0.2) is 0 Å². The molecule has 1 atom stereocenters. The van der Waals surface area contributed by atoms with E-state index in [0.29, 0.717) is 6.04 Å². The van der Waals surface area contributed by atoms with Crippen LogP contribution in [0.2, 0.25) is 0 Å². The van der Waals surface area contributed by atoms with E-state index in [1.54, 1.807) is 4.68 Å². The molecule has 0 amide bonds. The Labute approximate surface area is 96.0 Å². The smallest absolute Gasteiger partial charge is 0.245 e. The van der Waals surface area contributed by atoms with Crippen LogP contribution < -0.4 is 10.2 Å². The van der Waals surface area contributed by atoms with Gasteiger partial charge in [-0.25, -0.2) is 4.68 Å². The largest absolute Gasteiger partial charge is 0.338 e. The summed E-state index contributed by atoms with van der Waals surface area (Å²) in [6.45, 7) is 5.33. The fraction of sp³-hybridized carbons (Fsp3) is 0.900. The van der Waals surface area contributed by atoms with Crippen LogP contribution in [0.25, 0.3) is 0 Å². The van der Waals surface area contributed by atoms with Crippen LogP contribution in [0, 0.1) is 0 Å². The highest BCUT2D eigenvalue weighted by molar-refractivity contribution is 5.28. The first-order valence-electron chi connectivity index (χ1n) is 6.02. The van der Waals surface area contributed by atoms with E-state index in [-0.39, 0.29) is 0 Å². The molecule has 1 unspecified atom stereocenters. The highest BCUT2D eigenvalue weighted by Gasteiger charge is 2.20. The molecule has 0 bridgehead atoms. The third kappa shape index (κ3) is 2.49. The summed E-state index contributed by atoms with van der Waals surface area (Å²) in [7, 11) is 1.89. The molecule has 1 aliphatic heterocycles. The number of tetrazole rings is 1. The van der Waals surface area contributed by atoms with E-state index in [1.165, 1.54) is 12.8 Å². The number of aromatic nitrogens is 4. The maximum atomic E-state index is 4.08. The molecule has 1 aromatic rings. The number of nitrogens with zero attached hydrogens (tertiary/aromatic N) is 5. The predicted molar refractivity (Wildman–Crippen MR) is 62.3 cm³/mol. The van der Waals surface area contributed by atoms with Crippen molar-refractivity contribution in [3.63, 3.8) is 0 Å². The van der Waals surface area contributed by atoms with Crippen molar-refractivity contribution in [1.82, 2.24) is 25.5 Å². The fourth-order valence-corrected chi connectivity index (χ4v) is 2.21. The molecule has 1 N–H and O–H groups in total. The van der Waals surface area contributed by atoms with Gasteiger partial charge in [0.15, 0.2) is 0 Å². The van der Waals surface area contributed by atoms with Crippen molar-refractivity contribution in [2.75, 3.05) is 24.5 Å². The molecule has 2 heterocycles. The number of aryl methyl sites for hydroxylation is 1. The summed E-state index contributed by atoms with van der Waals surface area (Å²) in [6, 6.07) is 0.586. The Kier molecular flexibility index (Phi) is 3.71. The lowest BCUT2D eigenvalue weighted by atomic mass is 10.2. The lowest BCUT2D eigenvalue weighted by Crippen LogP contribution is -2.39. The lowest BCUT2D eigenvalue weighted by molar-refractivity contribution is 0.562. The third-order valence-electron chi connectivity index (χ3n) is 2.98. The van der Waals surface area contributed by atoms with Crippen molar-refractivity contribution >= 4 is 5.95 Å². The maximum Gasteiger partial charge on any atom is 0.245 e. The molecule has 0 aromatic carbocycles. The summed E-state index contributed by atoms with van der Waals surface area (Å²) in [5, 5.41) is 15.2. The Morgan fingerprint density at radius 1 is 1.56 bits per heavy atom. The van der Waals surface area contributed by atoms with Crippen LogP contribution in [-0.2, 0) is 7.05 Å². The Morgan fingerprint density at radius 3 is 3.00 bits per heavy atom. The molecular formula is C10H20N6. The van der Waals surface area contributed by atoms with Gasteiger partial charge in [-0.3, -0.25) is 0 Å². The van der Waals surface area contributed by atoms with E-state index in [1.807, 2.05) is 7.05 Å². The van der Waals surface area contributed by atoms with Crippen LogP contribution in [0.5, 0.6) is 0 Å². The van der Waals surface area contributed by atoms with E-state index in [2.05, 4.69) is 32.7 Å². The molecule has 1 aromatic heterocycles. The van der Waals surface area contributed by atoms with Gasteiger partial charge in [-0.05, 0) is 36.2 Å². The summed E-state index contributed by atoms with van der Waals surface area (Å²) < 4.78 is 1.74. The molecule has 0 aliphatic carbocycles. The van der Waals surface area contributed by atoms with Crippen molar-refractivity contribution in [2.24, 2.45) is 7.05 Å². The van der Waals surface area contributed by atoms with Gasteiger partial charge in [0.05, 0.1) is 0 Å². The molecule has 16 heavy (non-hydrogen) atoms. The Bertz CT molecular complexity index is 317. The molecule has 0 spiro atoms. The fourth-order valence-electron chi connectivity index (χ4n) is 2.21. The zero-order valence-corrected chi connectivity index (χ0v) is 10.1. The van der Waals surface area contributed by atoms with Crippen molar-refractivity contribution in [3.05, 3.63) is 0 Å². The summed E-state index contributed by atoms with van der Waals surface area (Å²) in [4.78, 5) is 2.27. The van der Waals surface area contributed by atoms with E-state index in [9.17, 15) is 0 Å². The van der Waals surface area contributed by atoms with Gasteiger partial charge in [-0.15, -0.1) is 0 Å². The molecule has 0 radical (unpaired) electrons. The molecule has 1 saturated heterocycles. The quantitative estimate of drug-likeness (QED) is 0.773. The second-order valence-corrected chi connectivity index (χ2v) is 4.34. The third-order valence-corrected chi connectivity index (χ3v) is 2.98. The van der Waals surface area contributed by atoms with E-state index >= 15 is 0 Å². The van der Waals surface area contributed by atoms with Crippen LogP contribution in [-0.4, -0.2) is 45.9 Å². The Morgan fingerprint density at radius 2 is 2.44 bits per heavy atom. The van der Waals surface area contributed by atoms with Crippen LogP contribution in [0.1, 0.15) is 26.2 Å². The molecule has 1 fully saturated rings. The molecule has 2 rings (SSSR count). The zero-order valence-electron chi connectivity index (χ0n) is 10.1. The van der Waals surface area contributed by atoms with Crippen molar-refractivity contribution < 1.29 is 0 Å². The van der Waals surface area contributed by atoms with Gasteiger partial charge in [0, 0.05) is 26.2 Å². The van der Waals surface area contributed by atoms with Crippen LogP contribution in [0.4, 0.5) is 5.95 Å². The highest BCUT2D eigenvalue weighted by Crippen LogP contribution is 2.12. The SMILES string of the molecule is CCCN(CC1CCCN1)c1nnnn1C. The van der Waals surface area contributed by atoms with Gasteiger partial charge < -0.3 is 10.2 Å². The summed E-state index contributed by atoms with van der Waals surface area (Å²) in [6.07, 6.45) is 3.65. The number of rotatable bonds is 5. The minimum atomic E-state index is 0.586. The molecule has 90 valence electrons. The first kappa shape index (κ1) is 11.3. The summed E-state index contributed by atoms with van der Waals surface area (Å²) in [5.41, 5.74) is 0. The van der Waals surface area contributed by atoms with Gasteiger partial charge in [-0.1, -0.05) is 12.0 Å². The van der Waals surface area contributed by atoms with E-state index in [0.717, 1.165) is 32.0 Å². The second kappa shape index (κ2) is 5.25. The average Bonchev–Trinajstić information content (AvgIpc) is 2.88. The highest BCUT2D eigenvalue weighted by atomic mass is 15.6. The van der Waals surface area contributed by atoms with E-state index < -0.39 is 0 Å². The van der Waals surface area contributed by atoms with Gasteiger partial charge in [0.2, 0.25) is 5.95 Å². The average molecular weight is 224 g/mol. The summed E-state index contributed by atoms with van der Waals surface area (Å²) >= 11 is 0. The first-order chi connectivity index (χ1) is 7.81. The number of hydrogen-bond acceptors (Lipinski definition) is 5. The predicted octanol–water partition coefficient (Wildman–Crippen LogP) is 0.178. The van der Waals surface area contributed by atoms with Gasteiger partial charge >= 0.3 is 0 Å². The van der Waals surface area contributed by atoms with Gasteiger partial charge in [0.1, 0.15) is 0 Å². The molecule has 6 heteroatoms. The first-order valence-corrected chi connectivity index (χ1v) is 6.02. The van der Waals surface area contributed by atoms with Gasteiger partial charge in [0.25, 0.3) is 0 Å². The normalized spacial score (nSPS) is 20.2. The van der Waals surface area contributed by atoms with Crippen molar-refractivity contribution in [3.8, 4) is 0 Å². The minimum Gasteiger partial charge on any atom is -0.338 e. The van der Waals surface area contributed by atoms with Crippen molar-refractivity contribution in [2.45, 2.75) is 32.2 Å². The number of anilines is 1. The zero-order chi connectivity index (χ0) is 11.4. The Balaban J connectivity index is 2.01. The van der Waals surface area contributed by atoms with Crippen LogP contribution >= 0.6 is 0 Å². The minimum absolute atomic E-state index is 0.586. The van der Waals surface area contributed by atoms with Crippen LogP contribution in [0.3, 0.4) is 0 Å². The number of nitrogens with one attached hydrogen (secondary N) is 1. The standard InChI is InChI=1S/C10H20N6/c1-3-7-16(8-9-5-4-6-11-9)10-12-13-14-15(10)2/h9,11H,3-8H2,1-2H3. The molecule has 6 nitrogen and oxygen atoms in total. The molecule has 0 saturated carbocycles. The van der Waals surface area contributed by atoms with E-state index in [4.69, 9.17) is 0 Å². The second-order valence-electron chi connectivity index (χ2n) is 4.34. The lowest BCUT2D eigenvalue weighted by Gasteiger charge is -2.25. The van der Waals surface area contributed by atoms with Crippen molar-refractivity contribution in [1.29, 1.82) is 0 Å². The number of hydrogen-bond donors (Lipinski definition) is 1. The van der Waals surface area contributed by atoms with Gasteiger partial charge in [-0.2, -0.15) is 0 Å². The Hall–Kier alpha value is -1.17. The molecular weight excluding hydrogens is 204 g/mol. The monoisotopic (exact) mass is 224 g/mol. The summed E-state index contributed by atoms with van der Waals surface area (Å²) in [5.74, 6) is 0.871. The topological polar surface area (TPSA) is 58.9 Å².